The Morgan fingerprint density at radius 1 is 1.60 bits per heavy atom. The van der Waals surface area contributed by atoms with Crippen molar-refractivity contribution < 1.29 is 28.0 Å². The van der Waals surface area contributed by atoms with Crippen LogP contribution < -0.4 is 0 Å². The maximum atomic E-state index is 11.1. The van der Waals surface area contributed by atoms with Crippen LogP contribution in [0.5, 0.6) is 0 Å². The first-order valence-corrected chi connectivity index (χ1v) is 5.80. The fraction of sp³-hybridized carbons (Fsp3) is 0.625. The first-order valence-electron chi connectivity index (χ1n) is 4.30. The van der Waals surface area contributed by atoms with Gasteiger partial charge in [0, 0.05) is 5.57 Å². The van der Waals surface area contributed by atoms with Crippen LogP contribution in [0.15, 0.2) is 12.2 Å². The van der Waals surface area contributed by atoms with Gasteiger partial charge in [-0.3, -0.25) is 4.52 Å². The Bertz CT molecular complexity index is 287. The summed E-state index contributed by atoms with van der Waals surface area (Å²) >= 11 is 0. The predicted octanol–water partition coefficient (Wildman–Crippen LogP) is 1.61. The van der Waals surface area contributed by atoms with Gasteiger partial charge in [0.1, 0.15) is 0 Å². The van der Waals surface area contributed by atoms with Gasteiger partial charge < -0.3 is 9.63 Å². The van der Waals surface area contributed by atoms with Gasteiger partial charge in [0.05, 0.1) is 6.61 Å². The molecule has 0 aliphatic rings. The van der Waals surface area contributed by atoms with E-state index in [1.165, 1.54) is 20.8 Å². The van der Waals surface area contributed by atoms with Crippen LogP contribution in [-0.4, -0.2) is 23.8 Å². The summed E-state index contributed by atoms with van der Waals surface area (Å²) in [4.78, 5) is 20.0. The number of hydrogen-bond acceptors (Lipinski definition) is 5. The molecule has 2 unspecified atom stereocenters. The van der Waals surface area contributed by atoms with E-state index in [0.717, 1.165) is 0 Å². The molecule has 7 heteroatoms. The van der Waals surface area contributed by atoms with Gasteiger partial charge in [-0.05, 0) is 20.8 Å². The summed E-state index contributed by atoms with van der Waals surface area (Å²) < 4.78 is 24.6. The summed E-state index contributed by atoms with van der Waals surface area (Å²) in [7, 11) is -4.14. The standard InChI is InChI=1S/C8H15O6P/c1-5-12-15(10,11)14-7(4)13-8(9)6(2)3/h7H,2,5H2,1,3-4H3,(H,10,11). The van der Waals surface area contributed by atoms with Crippen molar-refractivity contribution in [1.82, 2.24) is 0 Å². The second kappa shape index (κ2) is 6.02. The molecule has 88 valence electrons. The van der Waals surface area contributed by atoms with Crippen LogP contribution in [0.1, 0.15) is 20.8 Å². The van der Waals surface area contributed by atoms with Crippen molar-refractivity contribution in [3.63, 3.8) is 0 Å². The van der Waals surface area contributed by atoms with E-state index in [1.54, 1.807) is 0 Å². The summed E-state index contributed by atoms with van der Waals surface area (Å²) in [5, 5.41) is 0. The zero-order valence-electron chi connectivity index (χ0n) is 8.93. The van der Waals surface area contributed by atoms with Crippen molar-refractivity contribution in [2.45, 2.75) is 27.1 Å². The number of ether oxygens (including phenoxy) is 1. The molecule has 0 aromatic carbocycles. The quantitative estimate of drug-likeness (QED) is 0.327. The molecule has 0 aromatic heterocycles. The number of phosphoric ester groups is 1. The average Bonchev–Trinajstić information content (AvgIpc) is 2.01. The molecule has 0 heterocycles. The van der Waals surface area contributed by atoms with Crippen LogP contribution in [0.4, 0.5) is 0 Å². The highest BCUT2D eigenvalue weighted by Gasteiger charge is 2.25. The molecule has 0 aliphatic heterocycles. The largest absolute Gasteiger partial charge is 0.475 e. The highest BCUT2D eigenvalue weighted by molar-refractivity contribution is 7.47. The molecule has 0 fully saturated rings. The number of rotatable bonds is 6. The Labute approximate surface area is 88.5 Å². The minimum Gasteiger partial charge on any atom is -0.432 e. The molecule has 0 rings (SSSR count). The summed E-state index contributed by atoms with van der Waals surface area (Å²) in [6.07, 6.45) is -1.17. The molecule has 0 saturated heterocycles. The summed E-state index contributed by atoms with van der Waals surface area (Å²) in [6, 6.07) is 0. The smallest absolute Gasteiger partial charge is 0.432 e. The van der Waals surface area contributed by atoms with E-state index in [1.807, 2.05) is 0 Å². The van der Waals surface area contributed by atoms with Gasteiger partial charge in [-0.25, -0.2) is 13.9 Å². The van der Waals surface area contributed by atoms with Gasteiger partial charge in [-0.1, -0.05) is 6.58 Å². The van der Waals surface area contributed by atoms with Gasteiger partial charge in [0.25, 0.3) is 0 Å². The summed E-state index contributed by atoms with van der Waals surface area (Å²) in [5.74, 6) is -0.695. The molecule has 6 nitrogen and oxygen atoms in total. The summed E-state index contributed by atoms with van der Waals surface area (Å²) in [6.45, 7) is 7.67. The Kier molecular flexibility index (Phi) is 5.75. The van der Waals surface area contributed by atoms with Crippen molar-refractivity contribution in [2.75, 3.05) is 6.61 Å². The number of carbonyl (C=O) groups excluding carboxylic acids is 1. The fourth-order valence-corrected chi connectivity index (χ4v) is 1.46. The summed E-state index contributed by atoms with van der Waals surface area (Å²) in [5.41, 5.74) is 0.176. The lowest BCUT2D eigenvalue weighted by molar-refractivity contribution is -0.158. The van der Waals surface area contributed by atoms with Gasteiger partial charge >= 0.3 is 13.8 Å². The van der Waals surface area contributed by atoms with E-state index in [0.29, 0.717) is 0 Å². The maximum Gasteiger partial charge on any atom is 0.475 e. The molecule has 0 saturated carbocycles. The van der Waals surface area contributed by atoms with Gasteiger partial charge in [-0.2, -0.15) is 0 Å². The number of hydrogen-bond donors (Lipinski definition) is 1. The first kappa shape index (κ1) is 14.3. The van der Waals surface area contributed by atoms with Crippen molar-refractivity contribution in [2.24, 2.45) is 0 Å². The Hall–Kier alpha value is -0.680. The van der Waals surface area contributed by atoms with E-state index in [4.69, 9.17) is 4.89 Å². The fourth-order valence-electron chi connectivity index (χ4n) is 0.654. The third-order valence-electron chi connectivity index (χ3n) is 1.20. The Morgan fingerprint density at radius 3 is 2.53 bits per heavy atom. The van der Waals surface area contributed by atoms with E-state index in [9.17, 15) is 9.36 Å². The molecule has 0 aromatic rings. The van der Waals surface area contributed by atoms with Crippen LogP contribution in [0.25, 0.3) is 0 Å². The average molecular weight is 238 g/mol. The van der Waals surface area contributed by atoms with Crippen LogP contribution in [0, 0.1) is 0 Å². The molecular formula is C8H15O6P. The SMILES string of the molecule is C=C(C)C(=O)OC(C)OP(=O)(O)OCC. The van der Waals surface area contributed by atoms with Gasteiger partial charge in [0.15, 0.2) is 0 Å². The highest BCUT2D eigenvalue weighted by Crippen LogP contribution is 2.44. The van der Waals surface area contributed by atoms with Crippen molar-refractivity contribution in [3.05, 3.63) is 12.2 Å². The van der Waals surface area contributed by atoms with Gasteiger partial charge in [-0.15, -0.1) is 0 Å². The first-order chi connectivity index (χ1) is 6.78. The second-order valence-corrected chi connectivity index (χ2v) is 4.15. The van der Waals surface area contributed by atoms with Crippen molar-refractivity contribution in [3.8, 4) is 0 Å². The predicted molar refractivity (Wildman–Crippen MR) is 52.9 cm³/mol. The second-order valence-electron chi connectivity index (χ2n) is 2.75. The molecule has 0 aliphatic carbocycles. The number of esters is 1. The van der Waals surface area contributed by atoms with E-state index < -0.39 is 20.1 Å². The molecule has 15 heavy (non-hydrogen) atoms. The highest BCUT2D eigenvalue weighted by atomic mass is 31.2. The van der Waals surface area contributed by atoms with Crippen molar-refractivity contribution in [1.29, 1.82) is 0 Å². The van der Waals surface area contributed by atoms with E-state index in [2.05, 4.69) is 20.4 Å². The monoisotopic (exact) mass is 238 g/mol. The topological polar surface area (TPSA) is 82.1 Å². The molecule has 1 N–H and O–H groups in total. The molecule has 0 amide bonds. The van der Waals surface area contributed by atoms with E-state index in [-0.39, 0.29) is 12.2 Å². The maximum absolute atomic E-state index is 11.1. The molecule has 0 bridgehead atoms. The van der Waals surface area contributed by atoms with Crippen LogP contribution in [0.2, 0.25) is 0 Å². The van der Waals surface area contributed by atoms with E-state index >= 15 is 0 Å². The normalized spacial score (nSPS) is 16.5. The van der Waals surface area contributed by atoms with Crippen LogP contribution in [-0.2, 0) is 23.1 Å². The van der Waals surface area contributed by atoms with Crippen LogP contribution >= 0.6 is 7.82 Å². The van der Waals surface area contributed by atoms with Crippen LogP contribution in [0.3, 0.4) is 0 Å². The lowest BCUT2D eigenvalue weighted by Gasteiger charge is -2.16. The molecule has 0 spiro atoms. The molecule has 0 radical (unpaired) electrons. The third-order valence-corrected chi connectivity index (χ3v) is 2.34. The Balaban J connectivity index is 4.14. The molecular weight excluding hydrogens is 223 g/mol. The van der Waals surface area contributed by atoms with Crippen molar-refractivity contribution >= 4 is 13.8 Å². The number of phosphoric acid groups is 1. The minimum absolute atomic E-state index is 0.0227. The lowest BCUT2D eigenvalue weighted by atomic mass is 10.4. The third kappa shape index (κ3) is 6.41. The molecule has 2 atom stereocenters. The zero-order valence-corrected chi connectivity index (χ0v) is 9.82. The Morgan fingerprint density at radius 2 is 2.13 bits per heavy atom. The minimum atomic E-state index is -4.14. The zero-order chi connectivity index (χ0) is 12.1. The number of carbonyl (C=O) groups is 1. The van der Waals surface area contributed by atoms with Gasteiger partial charge in [0.2, 0.25) is 6.29 Å². The lowest BCUT2D eigenvalue weighted by Crippen LogP contribution is -2.17.